The van der Waals surface area contributed by atoms with E-state index in [2.05, 4.69) is 0 Å². The largest absolute Gasteiger partial charge is 1.00 e. The van der Waals surface area contributed by atoms with Gasteiger partial charge in [-0.25, -0.2) is 0 Å². The zero-order valence-electron chi connectivity index (χ0n) is 15.8. The van der Waals surface area contributed by atoms with Gasteiger partial charge in [-0.15, -0.1) is 0 Å². The normalized spacial score (nSPS) is 10.4. The number of carboxylic acids is 1. The minimum Gasteiger partial charge on any atom is -1.00 e. The van der Waals surface area contributed by atoms with Crippen LogP contribution in [-0.4, -0.2) is 22.8 Å². The van der Waals surface area contributed by atoms with Crippen molar-refractivity contribution in [3.63, 3.8) is 0 Å². The smallest absolute Gasteiger partial charge is 1.00 e. The van der Waals surface area contributed by atoms with E-state index in [1.807, 2.05) is 0 Å². The molecule has 0 aliphatic carbocycles. The van der Waals surface area contributed by atoms with Gasteiger partial charge >= 0.3 is 35.5 Å². The van der Waals surface area contributed by atoms with Crippen LogP contribution in [0.3, 0.4) is 0 Å². The van der Waals surface area contributed by atoms with Crippen LogP contribution in [0.2, 0.25) is 0 Å². The molecule has 0 fully saturated rings. The molecule has 2 N–H and O–H groups in total. The summed E-state index contributed by atoms with van der Waals surface area (Å²) < 4.78 is 0. The third-order valence-electron chi connectivity index (χ3n) is 4.05. The Morgan fingerprint density at radius 2 is 0.864 bits per heavy atom. The van der Waals surface area contributed by atoms with E-state index in [0.717, 1.165) is 19.3 Å². The molecule has 0 bridgehead atoms. The first-order valence-electron chi connectivity index (χ1n) is 9.10. The summed E-state index contributed by atoms with van der Waals surface area (Å²) in [4.78, 5) is 10.3. The number of carbonyl (C=O) groups is 1. The first-order chi connectivity index (χ1) is 10.3. The van der Waals surface area contributed by atoms with Crippen LogP contribution in [-0.2, 0) is 4.79 Å². The summed E-state index contributed by atoms with van der Waals surface area (Å²) in [7, 11) is 0. The van der Waals surface area contributed by atoms with Gasteiger partial charge < -0.3 is 11.6 Å². The van der Waals surface area contributed by atoms with Crippen LogP contribution >= 0.6 is 0 Å². The molecule has 0 saturated carbocycles. The molecule has 0 aromatic heterocycles. The molecule has 0 amide bonds. The molecule has 0 aromatic rings. The summed E-state index contributed by atoms with van der Waals surface area (Å²) in [6.07, 6.45) is 19.0. The molecule has 0 heterocycles. The van der Waals surface area contributed by atoms with Gasteiger partial charge in [0.15, 0.2) is 0 Å². The molecular formula is C18H37NaO3. The van der Waals surface area contributed by atoms with Crippen molar-refractivity contribution in [2.45, 2.75) is 103 Å². The van der Waals surface area contributed by atoms with E-state index in [4.69, 9.17) is 10.2 Å². The zero-order valence-corrected chi connectivity index (χ0v) is 16.8. The molecule has 0 spiro atoms. The van der Waals surface area contributed by atoms with Gasteiger partial charge in [0.25, 0.3) is 0 Å². The zero-order chi connectivity index (χ0) is 15.6. The number of aliphatic hydroxyl groups excluding tert-OH is 1. The Balaban J connectivity index is -0.00000200. The van der Waals surface area contributed by atoms with Gasteiger partial charge in [-0.1, -0.05) is 83.5 Å². The number of aliphatic carboxylic acids is 1. The molecular weight excluding hydrogens is 287 g/mol. The number of hydrogen-bond acceptors (Lipinski definition) is 2. The van der Waals surface area contributed by atoms with Crippen LogP contribution in [0.15, 0.2) is 0 Å². The van der Waals surface area contributed by atoms with Gasteiger partial charge in [0.2, 0.25) is 0 Å². The molecule has 0 unspecified atom stereocenters. The maximum Gasteiger partial charge on any atom is 1.00 e. The van der Waals surface area contributed by atoms with Gasteiger partial charge in [0.05, 0.1) is 0 Å². The molecule has 0 atom stereocenters. The molecule has 128 valence electrons. The molecule has 4 heteroatoms. The SMILES string of the molecule is O=C(O)CCCCCCCCCCCCCCCCCO.[H-].[Na+]. The maximum atomic E-state index is 10.3. The second kappa shape index (κ2) is 21.4. The Hall–Kier alpha value is 0.430. The molecule has 0 rings (SSSR count). The maximum absolute atomic E-state index is 10.3. The minimum atomic E-state index is -0.664. The fourth-order valence-electron chi connectivity index (χ4n) is 2.69. The molecule has 0 radical (unpaired) electrons. The Bertz CT molecular complexity index is 228. The van der Waals surface area contributed by atoms with Crippen molar-refractivity contribution in [1.29, 1.82) is 0 Å². The summed E-state index contributed by atoms with van der Waals surface area (Å²) in [5.41, 5.74) is 0. The van der Waals surface area contributed by atoms with Crippen molar-refractivity contribution >= 4 is 5.97 Å². The van der Waals surface area contributed by atoms with Gasteiger partial charge in [-0.05, 0) is 12.8 Å². The summed E-state index contributed by atoms with van der Waals surface area (Å²) in [6, 6.07) is 0. The topological polar surface area (TPSA) is 57.5 Å². The Labute approximate surface area is 161 Å². The van der Waals surface area contributed by atoms with Crippen LogP contribution in [0.5, 0.6) is 0 Å². The summed E-state index contributed by atoms with van der Waals surface area (Å²) in [6.45, 7) is 0.347. The first kappa shape index (κ1) is 24.7. The summed E-state index contributed by atoms with van der Waals surface area (Å²) in [5, 5.41) is 17.2. The number of carboxylic acid groups (broad SMARTS) is 1. The second-order valence-corrected chi connectivity index (χ2v) is 6.17. The number of unbranched alkanes of at least 4 members (excludes halogenated alkanes) is 14. The van der Waals surface area contributed by atoms with Crippen LogP contribution in [0, 0.1) is 0 Å². The second-order valence-electron chi connectivity index (χ2n) is 6.17. The Kier molecular flexibility index (Phi) is 24.0. The summed E-state index contributed by atoms with van der Waals surface area (Å²) >= 11 is 0. The van der Waals surface area contributed by atoms with Crippen LogP contribution in [0.1, 0.15) is 104 Å². The number of rotatable bonds is 17. The molecule has 0 aromatic carbocycles. The van der Waals surface area contributed by atoms with E-state index < -0.39 is 5.97 Å². The van der Waals surface area contributed by atoms with Crippen molar-refractivity contribution in [2.24, 2.45) is 0 Å². The van der Waals surface area contributed by atoms with Crippen molar-refractivity contribution < 1.29 is 46.0 Å². The molecule has 22 heavy (non-hydrogen) atoms. The van der Waals surface area contributed by atoms with Crippen molar-refractivity contribution in [3.05, 3.63) is 0 Å². The summed E-state index contributed by atoms with van der Waals surface area (Å²) in [5.74, 6) is -0.664. The van der Waals surface area contributed by atoms with Gasteiger partial charge in [0, 0.05) is 13.0 Å². The van der Waals surface area contributed by atoms with Crippen LogP contribution in [0.4, 0.5) is 0 Å². The predicted octanol–water partition coefficient (Wildman–Crippen LogP) is 2.42. The Morgan fingerprint density at radius 1 is 0.591 bits per heavy atom. The minimum absolute atomic E-state index is 0. The molecule has 0 saturated heterocycles. The first-order valence-corrected chi connectivity index (χ1v) is 9.10. The number of aliphatic hydroxyl groups is 1. The van der Waals surface area contributed by atoms with Crippen LogP contribution < -0.4 is 29.6 Å². The van der Waals surface area contributed by atoms with E-state index in [9.17, 15) is 4.79 Å². The fraction of sp³-hybridized carbons (Fsp3) is 0.944. The third kappa shape index (κ3) is 22.7. The van der Waals surface area contributed by atoms with Gasteiger partial charge in [-0.3, -0.25) is 4.79 Å². The average molecular weight is 324 g/mol. The van der Waals surface area contributed by atoms with Crippen LogP contribution in [0.25, 0.3) is 0 Å². The van der Waals surface area contributed by atoms with Crippen molar-refractivity contribution in [3.8, 4) is 0 Å². The number of hydrogen-bond donors (Lipinski definition) is 2. The van der Waals surface area contributed by atoms with Gasteiger partial charge in [-0.2, -0.15) is 0 Å². The fourth-order valence-corrected chi connectivity index (χ4v) is 2.69. The van der Waals surface area contributed by atoms with E-state index in [1.54, 1.807) is 0 Å². The Morgan fingerprint density at radius 3 is 1.14 bits per heavy atom. The van der Waals surface area contributed by atoms with E-state index in [0.29, 0.717) is 13.0 Å². The third-order valence-corrected chi connectivity index (χ3v) is 4.05. The van der Waals surface area contributed by atoms with E-state index >= 15 is 0 Å². The quantitative estimate of drug-likeness (QED) is 0.319. The van der Waals surface area contributed by atoms with Crippen molar-refractivity contribution in [2.75, 3.05) is 6.61 Å². The standard InChI is InChI=1S/C18H36O3.Na.H/c19-17-15-13-11-9-7-5-3-1-2-4-6-8-10-12-14-16-18(20)21;;/h19H,1-17H2,(H,20,21);;/q;+1;-1. The predicted molar refractivity (Wildman–Crippen MR) is 89.7 cm³/mol. The van der Waals surface area contributed by atoms with E-state index in [1.165, 1.54) is 77.0 Å². The average Bonchev–Trinajstić information content (AvgIpc) is 2.46. The van der Waals surface area contributed by atoms with Gasteiger partial charge in [0.1, 0.15) is 0 Å². The molecule has 3 nitrogen and oxygen atoms in total. The molecule has 0 aliphatic heterocycles. The molecule has 0 aliphatic rings. The van der Waals surface area contributed by atoms with Crippen molar-refractivity contribution in [1.82, 2.24) is 0 Å². The monoisotopic (exact) mass is 324 g/mol. The van der Waals surface area contributed by atoms with E-state index in [-0.39, 0.29) is 31.0 Å².